The van der Waals surface area contributed by atoms with E-state index in [-0.39, 0.29) is 29.6 Å². The Hall–Kier alpha value is -2.10. The predicted molar refractivity (Wildman–Crippen MR) is 133 cm³/mol. The zero-order chi connectivity index (χ0) is 24.1. The molecule has 184 valence electrons. The van der Waals surface area contributed by atoms with Crippen LogP contribution in [-0.4, -0.2) is 24.1 Å². The quantitative estimate of drug-likeness (QED) is 0.474. The molecule has 0 radical (unpaired) electrons. The van der Waals surface area contributed by atoms with Gasteiger partial charge in [0.2, 0.25) is 0 Å². The maximum Gasteiger partial charge on any atom is 0.303 e. The summed E-state index contributed by atoms with van der Waals surface area (Å²) in [7, 11) is 0. The highest BCUT2D eigenvalue weighted by atomic mass is 16.5. The lowest BCUT2D eigenvalue weighted by molar-refractivity contribution is -0.166. The largest absolute Gasteiger partial charge is 0.463 e. The Balaban J connectivity index is 1.42. The first kappa shape index (κ1) is 23.6. The summed E-state index contributed by atoms with van der Waals surface area (Å²) in [5.41, 5.74) is 2.81. The number of esters is 2. The molecule has 0 bridgehead atoms. The average Bonchev–Trinajstić information content (AvgIpc) is 3.05. The molecule has 4 fully saturated rings. The smallest absolute Gasteiger partial charge is 0.303 e. The van der Waals surface area contributed by atoms with E-state index in [9.17, 15) is 9.59 Å². The highest BCUT2D eigenvalue weighted by molar-refractivity contribution is 5.67. The van der Waals surface area contributed by atoms with Gasteiger partial charge in [0, 0.05) is 19.3 Å². The van der Waals surface area contributed by atoms with Gasteiger partial charge >= 0.3 is 11.9 Å². The van der Waals surface area contributed by atoms with Gasteiger partial charge in [-0.1, -0.05) is 50.3 Å². The Morgan fingerprint density at radius 2 is 1.59 bits per heavy atom. The highest BCUT2D eigenvalue weighted by Crippen LogP contribution is 2.67. The molecule has 0 heterocycles. The molecular weight excluding hydrogens is 424 g/mol. The molecule has 0 unspecified atom stereocenters. The lowest BCUT2D eigenvalue weighted by Gasteiger charge is -2.60. The third kappa shape index (κ3) is 4.01. The minimum absolute atomic E-state index is 0.00555. The predicted octanol–water partition coefficient (Wildman–Crippen LogP) is 6.59. The normalized spacial score (nSPS) is 42.3. The second-order valence-corrected chi connectivity index (χ2v) is 12.0. The molecule has 0 amide bonds. The van der Waals surface area contributed by atoms with Gasteiger partial charge in [-0.3, -0.25) is 9.59 Å². The number of carbonyl (C=O) groups excluding carboxylic acids is 2. The van der Waals surface area contributed by atoms with Crippen molar-refractivity contribution in [3.05, 3.63) is 41.5 Å². The molecule has 0 saturated heterocycles. The maximum atomic E-state index is 12.2. The van der Waals surface area contributed by atoms with E-state index < -0.39 is 0 Å². The van der Waals surface area contributed by atoms with E-state index in [0.717, 1.165) is 32.1 Å². The number of hydrogen-bond donors (Lipinski definition) is 0. The third-order valence-electron chi connectivity index (χ3n) is 10.2. The summed E-state index contributed by atoms with van der Waals surface area (Å²) >= 11 is 0. The Morgan fingerprint density at radius 3 is 2.29 bits per heavy atom. The molecule has 1 aromatic rings. The summed E-state index contributed by atoms with van der Waals surface area (Å²) in [6, 6.07) is 10.5. The SMILES string of the molecule is CC(=O)O[C@@H]1CC[C@@]2(C)[C@@H](CC[C@@H]3[C@H]2CC[C@]2(C)[C@H](OC(C)=O)/C(=C/c4ccccc4)C[C@@H]32)C1. The summed E-state index contributed by atoms with van der Waals surface area (Å²) in [4.78, 5) is 23.7. The zero-order valence-corrected chi connectivity index (χ0v) is 21.2. The van der Waals surface area contributed by atoms with Gasteiger partial charge < -0.3 is 9.47 Å². The summed E-state index contributed by atoms with van der Waals surface area (Å²) in [6.45, 7) is 8.00. The zero-order valence-electron chi connectivity index (χ0n) is 21.2. The molecule has 4 nitrogen and oxygen atoms in total. The van der Waals surface area contributed by atoms with E-state index in [0.29, 0.717) is 29.1 Å². The molecule has 4 aliphatic rings. The van der Waals surface area contributed by atoms with Crippen LogP contribution in [0.4, 0.5) is 0 Å². The number of carbonyl (C=O) groups is 2. The van der Waals surface area contributed by atoms with Crippen molar-refractivity contribution in [2.24, 2.45) is 34.5 Å². The first-order chi connectivity index (χ1) is 16.2. The monoisotopic (exact) mass is 464 g/mol. The number of ether oxygens (including phenoxy) is 2. The highest BCUT2D eigenvalue weighted by Gasteiger charge is 2.62. The van der Waals surface area contributed by atoms with Crippen molar-refractivity contribution < 1.29 is 19.1 Å². The number of rotatable bonds is 3. The van der Waals surface area contributed by atoms with Crippen molar-refractivity contribution in [1.29, 1.82) is 0 Å². The first-order valence-corrected chi connectivity index (χ1v) is 13.3. The number of benzene rings is 1. The van der Waals surface area contributed by atoms with Crippen molar-refractivity contribution in [1.82, 2.24) is 0 Å². The first-order valence-electron chi connectivity index (χ1n) is 13.3. The second kappa shape index (κ2) is 8.84. The van der Waals surface area contributed by atoms with Gasteiger partial charge in [-0.25, -0.2) is 0 Å². The van der Waals surface area contributed by atoms with Gasteiger partial charge in [-0.15, -0.1) is 0 Å². The third-order valence-corrected chi connectivity index (χ3v) is 10.2. The summed E-state index contributed by atoms with van der Waals surface area (Å²) in [5, 5.41) is 0. The fourth-order valence-corrected chi connectivity index (χ4v) is 8.68. The summed E-state index contributed by atoms with van der Waals surface area (Å²) < 4.78 is 11.7. The molecule has 4 heteroatoms. The van der Waals surface area contributed by atoms with E-state index in [4.69, 9.17) is 9.47 Å². The van der Waals surface area contributed by atoms with Crippen LogP contribution in [0, 0.1) is 34.5 Å². The molecular formula is C30H40O4. The van der Waals surface area contributed by atoms with Crippen LogP contribution in [-0.2, 0) is 19.1 Å². The average molecular weight is 465 g/mol. The van der Waals surface area contributed by atoms with Crippen molar-refractivity contribution in [3.63, 3.8) is 0 Å². The lowest BCUT2D eigenvalue weighted by atomic mass is 9.45. The molecule has 0 N–H and O–H groups in total. The van der Waals surface area contributed by atoms with Crippen LogP contribution in [0.5, 0.6) is 0 Å². The number of hydrogen-bond acceptors (Lipinski definition) is 4. The molecule has 4 aliphatic carbocycles. The van der Waals surface area contributed by atoms with E-state index in [1.54, 1.807) is 6.92 Å². The van der Waals surface area contributed by atoms with Crippen molar-refractivity contribution in [3.8, 4) is 0 Å². The van der Waals surface area contributed by atoms with Crippen LogP contribution in [0.2, 0.25) is 0 Å². The molecule has 8 atom stereocenters. The van der Waals surface area contributed by atoms with Crippen molar-refractivity contribution in [2.45, 2.75) is 91.3 Å². The molecule has 0 aromatic heterocycles. The topological polar surface area (TPSA) is 52.6 Å². The second-order valence-electron chi connectivity index (χ2n) is 12.0. The van der Waals surface area contributed by atoms with Crippen LogP contribution >= 0.6 is 0 Å². The van der Waals surface area contributed by atoms with E-state index in [1.165, 1.54) is 37.3 Å². The van der Waals surface area contributed by atoms with E-state index in [1.807, 2.05) is 6.07 Å². The Morgan fingerprint density at radius 1 is 0.882 bits per heavy atom. The Bertz CT molecular complexity index is 967. The maximum absolute atomic E-state index is 12.2. The van der Waals surface area contributed by atoms with Gasteiger partial charge in [0.25, 0.3) is 0 Å². The minimum atomic E-state index is -0.174. The lowest BCUT2D eigenvalue weighted by Crippen LogP contribution is -2.54. The molecule has 34 heavy (non-hydrogen) atoms. The minimum Gasteiger partial charge on any atom is -0.463 e. The molecule has 1 aromatic carbocycles. The van der Waals surface area contributed by atoms with Crippen LogP contribution < -0.4 is 0 Å². The molecule has 5 rings (SSSR count). The fourth-order valence-electron chi connectivity index (χ4n) is 8.68. The van der Waals surface area contributed by atoms with E-state index in [2.05, 4.69) is 44.2 Å². The van der Waals surface area contributed by atoms with Crippen LogP contribution in [0.3, 0.4) is 0 Å². The van der Waals surface area contributed by atoms with Gasteiger partial charge in [-0.05, 0) is 91.6 Å². The molecule has 4 saturated carbocycles. The van der Waals surface area contributed by atoms with Crippen LogP contribution in [0.25, 0.3) is 6.08 Å². The number of fused-ring (bicyclic) bond motifs is 5. The standard InChI is InChI=1S/C30H40O4/c1-19(31)33-24-12-14-29(3)23(18-24)10-11-25-26(29)13-15-30(4)27(25)17-22(28(30)34-20(2)32)16-21-8-6-5-7-9-21/h5-9,16,23-28H,10-15,17-18H2,1-4H3/b22-16+/t23-,24+,25+,26+,27-,28+,29-,30-/m0/s1. The van der Waals surface area contributed by atoms with Crippen LogP contribution in [0.1, 0.15) is 84.6 Å². The van der Waals surface area contributed by atoms with E-state index >= 15 is 0 Å². The van der Waals surface area contributed by atoms with Crippen molar-refractivity contribution >= 4 is 18.0 Å². The molecule has 0 aliphatic heterocycles. The Kier molecular flexibility index (Phi) is 6.14. The summed E-state index contributed by atoms with van der Waals surface area (Å²) in [6.07, 6.45) is 11.2. The van der Waals surface area contributed by atoms with Gasteiger partial charge in [-0.2, -0.15) is 0 Å². The van der Waals surface area contributed by atoms with Gasteiger partial charge in [0.05, 0.1) is 0 Å². The fraction of sp³-hybridized carbons (Fsp3) is 0.667. The Labute approximate surface area is 204 Å². The van der Waals surface area contributed by atoms with Crippen LogP contribution in [0.15, 0.2) is 35.9 Å². The van der Waals surface area contributed by atoms with Crippen molar-refractivity contribution in [2.75, 3.05) is 0 Å². The molecule has 0 spiro atoms. The summed E-state index contributed by atoms with van der Waals surface area (Å²) in [5.74, 6) is 2.25. The van der Waals surface area contributed by atoms with Gasteiger partial charge in [0.1, 0.15) is 12.2 Å². The van der Waals surface area contributed by atoms with Gasteiger partial charge in [0.15, 0.2) is 0 Å².